The van der Waals surface area contributed by atoms with Crippen molar-refractivity contribution in [3.8, 4) is 17.1 Å². The molecule has 2 atom stereocenters. The molecule has 13 nitrogen and oxygen atoms in total. The first kappa shape index (κ1) is 34.8. The number of benzene rings is 3. The number of fused-ring (bicyclic) bond motifs is 1. The van der Waals surface area contributed by atoms with Crippen LogP contribution >= 0.6 is 19.9 Å². The minimum absolute atomic E-state index is 0.0145. The van der Waals surface area contributed by atoms with Gasteiger partial charge >= 0.3 is 14.3 Å². The van der Waals surface area contributed by atoms with Gasteiger partial charge in [-0.15, -0.1) is 4.89 Å². The number of anilines is 2. The fraction of sp³-hybridized carbons (Fsp3) is 0.194. The van der Waals surface area contributed by atoms with Gasteiger partial charge in [-0.2, -0.15) is 0 Å². The Balaban J connectivity index is 1.30. The second-order valence-electron chi connectivity index (χ2n) is 10.1. The number of rotatable bonds is 15. The van der Waals surface area contributed by atoms with Crippen LogP contribution in [0.15, 0.2) is 83.5 Å². The molecule has 0 aliphatic rings. The number of nitrogens with one attached hydrogen (secondary N) is 1. The van der Waals surface area contributed by atoms with E-state index in [4.69, 9.17) is 30.4 Å². The van der Waals surface area contributed by atoms with Crippen molar-refractivity contribution in [2.75, 3.05) is 24.4 Å². The molecule has 48 heavy (non-hydrogen) atoms. The summed E-state index contributed by atoms with van der Waals surface area (Å²) < 4.78 is 67.2. The van der Waals surface area contributed by atoms with Gasteiger partial charge in [0.25, 0.3) is 0 Å². The highest BCUT2D eigenvalue weighted by Crippen LogP contribution is 2.33. The molecule has 0 radical (unpaired) electrons. The lowest BCUT2D eigenvalue weighted by Crippen LogP contribution is -2.33. The third-order valence-corrected chi connectivity index (χ3v) is 7.99. The number of amides is 1. The molecule has 5 aromatic rings. The number of furan rings is 1. The molecule has 0 saturated carbocycles. The fourth-order valence-electron chi connectivity index (χ4n) is 4.56. The zero-order chi connectivity index (χ0) is 34.0. The van der Waals surface area contributed by atoms with Crippen LogP contribution in [0.25, 0.3) is 22.2 Å². The van der Waals surface area contributed by atoms with Crippen LogP contribution in [0.1, 0.15) is 17.7 Å². The first-order chi connectivity index (χ1) is 23.1. The normalized spacial score (nSPS) is 12.0. The highest BCUT2D eigenvalue weighted by molar-refractivity contribution is 7.79. The predicted molar refractivity (Wildman–Crippen MR) is 174 cm³/mol. The van der Waals surface area contributed by atoms with Crippen molar-refractivity contribution < 1.29 is 45.8 Å². The Bertz CT molecular complexity index is 1950. The van der Waals surface area contributed by atoms with Gasteiger partial charge in [0.15, 0.2) is 0 Å². The van der Waals surface area contributed by atoms with E-state index in [1.54, 1.807) is 48.5 Å². The molecule has 2 unspecified atom stereocenters. The Morgan fingerprint density at radius 2 is 1.98 bits per heavy atom. The molecule has 250 valence electrons. The maximum Gasteiger partial charge on any atom is 0.698 e. The van der Waals surface area contributed by atoms with Gasteiger partial charge in [-0.05, 0) is 72.6 Å². The van der Waals surface area contributed by atoms with Gasteiger partial charge in [-0.3, -0.25) is 4.21 Å². The average molecular weight is 717 g/mol. The molecule has 1 amide bonds. The molecule has 0 saturated heterocycles. The molecule has 5 rings (SSSR count). The summed E-state index contributed by atoms with van der Waals surface area (Å²) in [5.74, 6) is 1.24. The maximum atomic E-state index is 13.5. The Morgan fingerprint density at radius 3 is 2.75 bits per heavy atom. The van der Waals surface area contributed by atoms with Crippen molar-refractivity contribution >= 4 is 59.4 Å². The minimum Gasteiger partial charge on any atom is -0.772 e. The van der Waals surface area contributed by atoms with E-state index in [1.165, 1.54) is 23.4 Å². The van der Waals surface area contributed by atoms with Gasteiger partial charge in [0.05, 0.1) is 17.1 Å². The number of aromatic nitrogens is 2. The standard InChI is InChI=1S/C31H27ClFN4O9PS/c32-26-15-23(6-9-29(26)43-17-20-3-1-4-22(33)13-20)36-30-25-14-21(5-8-27(25)34-18-35-30)28-10-7-24(46-28)16-37(11-2-12-48(41)42)31(38)44-19-45-47(39)40/h1,3-10,13-15,18H,2,11-12,16-17,19H2,(H2-,34,35,36,39,40,41,42). The van der Waals surface area contributed by atoms with Crippen molar-refractivity contribution in [3.05, 3.63) is 101 Å². The van der Waals surface area contributed by atoms with Crippen molar-refractivity contribution in [3.63, 3.8) is 0 Å². The second-order valence-corrected chi connectivity index (χ2v) is 12.2. The minimum atomic E-state index is -2.96. The number of hydrogen-bond acceptors (Lipinski definition) is 11. The summed E-state index contributed by atoms with van der Waals surface area (Å²) in [6.07, 6.45) is 0.670. The highest BCUT2D eigenvalue weighted by atomic mass is 35.5. The molecule has 0 spiro atoms. The molecular weight excluding hydrogens is 690 g/mol. The molecule has 0 fully saturated rings. The van der Waals surface area contributed by atoms with Crippen LogP contribution in [-0.2, 0) is 38.1 Å². The summed E-state index contributed by atoms with van der Waals surface area (Å²) in [5.41, 5.74) is 2.63. The van der Waals surface area contributed by atoms with E-state index < -0.39 is 32.2 Å². The first-order valence-corrected chi connectivity index (χ1v) is 16.9. The number of carbonyl (C=O) groups is 1. The van der Waals surface area contributed by atoms with E-state index in [0.717, 1.165) is 0 Å². The number of carbonyl (C=O) groups excluding carboxylic acids is 1. The summed E-state index contributed by atoms with van der Waals surface area (Å²) in [7, 11) is -2.96. The van der Waals surface area contributed by atoms with Crippen molar-refractivity contribution in [1.29, 1.82) is 0 Å². The molecule has 0 bridgehead atoms. The molecule has 0 aliphatic heterocycles. The third-order valence-electron chi connectivity index (χ3n) is 6.75. The van der Waals surface area contributed by atoms with Crippen molar-refractivity contribution in [2.45, 2.75) is 19.6 Å². The van der Waals surface area contributed by atoms with Crippen molar-refractivity contribution in [1.82, 2.24) is 14.9 Å². The Kier molecular flexibility index (Phi) is 12.0. The quantitative estimate of drug-likeness (QED) is 0.0656. The van der Waals surface area contributed by atoms with Crippen LogP contribution in [0.2, 0.25) is 5.02 Å². The van der Waals surface area contributed by atoms with Gasteiger partial charge in [-0.25, -0.2) is 19.2 Å². The fourth-order valence-corrected chi connectivity index (χ4v) is 5.30. The van der Waals surface area contributed by atoms with Gasteiger partial charge in [0.2, 0.25) is 6.79 Å². The Labute approximate surface area is 281 Å². The summed E-state index contributed by atoms with van der Waals surface area (Å²) >= 11 is 4.18. The lowest BCUT2D eigenvalue weighted by atomic mass is 10.1. The van der Waals surface area contributed by atoms with Crippen LogP contribution in [0.5, 0.6) is 5.75 Å². The number of ether oxygens (including phenoxy) is 2. The van der Waals surface area contributed by atoms with E-state index in [-0.39, 0.29) is 37.7 Å². The van der Waals surface area contributed by atoms with Crippen molar-refractivity contribution in [2.24, 2.45) is 0 Å². The van der Waals surface area contributed by atoms with Crippen LogP contribution in [0.3, 0.4) is 0 Å². The summed E-state index contributed by atoms with van der Waals surface area (Å²) in [4.78, 5) is 31.3. The number of nitrogens with zero attached hydrogens (tertiary/aromatic N) is 3. The largest absolute Gasteiger partial charge is 0.772 e. The third kappa shape index (κ3) is 9.76. The topological polar surface area (TPSA) is 176 Å². The van der Waals surface area contributed by atoms with Crippen LogP contribution in [-0.4, -0.2) is 53.7 Å². The van der Waals surface area contributed by atoms with E-state index in [9.17, 15) is 22.5 Å². The summed E-state index contributed by atoms with van der Waals surface area (Å²) in [6.45, 7) is -0.663. The molecular formula is C31H27ClFN4O9PS. The van der Waals surface area contributed by atoms with E-state index >= 15 is 0 Å². The van der Waals surface area contributed by atoms with Crippen LogP contribution in [0.4, 0.5) is 20.7 Å². The smallest absolute Gasteiger partial charge is 0.698 e. The second kappa shape index (κ2) is 16.6. The maximum absolute atomic E-state index is 13.5. The lowest BCUT2D eigenvalue weighted by molar-refractivity contribution is 0.0312. The predicted octanol–water partition coefficient (Wildman–Crippen LogP) is 6.84. The zero-order valence-electron chi connectivity index (χ0n) is 24.9. The molecule has 2 heterocycles. The molecule has 17 heteroatoms. The summed E-state index contributed by atoms with van der Waals surface area (Å²) in [6, 6.07) is 20.1. The SMILES string of the molecule is O=C(OCO[P+](=O)O)N(CCCS(=O)[O-])Cc1ccc(-c2ccc3ncnc(Nc4ccc(OCc5cccc(F)c5)c(Cl)c4)c3c2)o1. The molecule has 0 aliphatic carbocycles. The van der Waals surface area contributed by atoms with Gasteiger partial charge in [-0.1, -0.05) is 39.3 Å². The van der Waals surface area contributed by atoms with Gasteiger partial charge < -0.3 is 28.7 Å². The zero-order valence-corrected chi connectivity index (χ0v) is 27.4. The summed E-state index contributed by atoms with van der Waals surface area (Å²) in [5, 5.41) is 4.27. The number of halogens is 2. The van der Waals surface area contributed by atoms with Gasteiger partial charge in [0, 0.05) is 33.5 Å². The van der Waals surface area contributed by atoms with E-state index in [1.807, 2.05) is 12.1 Å². The first-order valence-electron chi connectivity index (χ1n) is 14.2. The Morgan fingerprint density at radius 1 is 1.12 bits per heavy atom. The van der Waals surface area contributed by atoms with Crippen LogP contribution in [0, 0.1) is 5.82 Å². The monoisotopic (exact) mass is 716 g/mol. The van der Waals surface area contributed by atoms with E-state index in [0.29, 0.717) is 55.8 Å². The highest BCUT2D eigenvalue weighted by Gasteiger charge is 2.21. The van der Waals surface area contributed by atoms with Crippen LogP contribution < -0.4 is 10.1 Å². The molecule has 2 N–H and O–H groups in total. The average Bonchev–Trinajstić information content (AvgIpc) is 3.52. The lowest BCUT2D eigenvalue weighted by Gasteiger charge is -2.20. The molecule has 3 aromatic carbocycles. The Hall–Kier alpha value is -4.50. The van der Waals surface area contributed by atoms with E-state index in [2.05, 4.69) is 19.8 Å². The molecule has 2 aromatic heterocycles. The number of hydrogen-bond donors (Lipinski definition) is 2. The van der Waals surface area contributed by atoms with Gasteiger partial charge in [0.1, 0.15) is 41.8 Å².